The molecule has 0 spiro atoms. The van der Waals surface area contributed by atoms with Crippen LogP contribution in [0.1, 0.15) is 47.6 Å². The highest BCUT2D eigenvalue weighted by Gasteiger charge is 2.25. The number of carbonyl (C=O) groups is 1. The Morgan fingerprint density at radius 1 is 1.21 bits per heavy atom. The third-order valence-electron chi connectivity index (χ3n) is 5.15. The first-order chi connectivity index (χ1) is 13.5. The zero-order chi connectivity index (χ0) is 20.1. The summed E-state index contributed by atoms with van der Waals surface area (Å²) in [6.45, 7) is 7.31. The molecule has 150 valence electrons. The molecule has 1 aliphatic heterocycles. The molecule has 3 heterocycles. The molecule has 2 aromatic rings. The molecule has 0 aromatic carbocycles. The van der Waals surface area contributed by atoms with Crippen LogP contribution in [0.5, 0.6) is 0 Å². The summed E-state index contributed by atoms with van der Waals surface area (Å²) in [5, 5.41) is 2.94. The Labute approximate surface area is 165 Å². The average molecular weight is 384 g/mol. The number of amides is 1. The van der Waals surface area contributed by atoms with E-state index < -0.39 is 0 Å². The third kappa shape index (κ3) is 4.48. The first kappa shape index (κ1) is 20.2. The maximum atomic E-state index is 12.7. The minimum Gasteiger partial charge on any atom is -0.379 e. The molecule has 28 heavy (non-hydrogen) atoms. The fourth-order valence-corrected chi connectivity index (χ4v) is 3.57. The summed E-state index contributed by atoms with van der Waals surface area (Å²) in [5.74, 6) is -0.144. The molecule has 1 aliphatic rings. The smallest absolute Gasteiger partial charge is 0.263 e. The summed E-state index contributed by atoms with van der Waals surface area (Å²) in [6, 6.07) is 9.18. The Kier molecular flexibility index (Phi) is 6.59. The number of aromatic nitrogens is 2. The van der Waals surface area contributed by atoms with Crippen LogP contribution in [0.2, 0.25) is 0 Å². The number of ether oxygens (including phenoxy) is 1. The van der Waals surface area contributed by atoms with Gasteiger partial charge in [0, 0.05) is 38.6 Å². The van der Waals surface area contributed by atoms with Crippen LogP contribution in [0.25, 0.3) is 0 Å². The first-order valence-corrected chi connectivity index (χ1v) is 9.70. The second-order valence-electron chi connectivity index (χ2n) is 7.32. The number of pyridine rings is 2. The molecule has 0 saturated carbocycles. The predicted molar refractivity (Wildman–Crippen MR) is 107 cm³/mol. The van der Waals surface area contributed by atoms with E-state index in [4.69, 9.17) is 4.74 Å². The summed E-state index contributed by atoms with van der Waals surface area (Å²) in [7, 11) is 1.71. The van der Waals surface area contributed by atoms with Gasteiger partial charge in [0.2, 0.25) is 0 Å². The van der Waals surface area contributed by atoms with E-state index in [1.54, 1.807) is 23.9 Å². The average Bonchev–Trinajstić information content (AvgIpc) is 2.71. The van der Waals surface area contributed by atoms with Crippen LogP contribution in [0, 0.1) is 0 Å². The van der Waals surface area contributed by atoms with Crippen LogP contribution in [0.4, 0.5) is 0 Å². The molecule has 1 atom stereocenters. The van der Waals surface area contributed by atoms with Gasteiger partial charge in [-0.25, -0.2) is 0 Å². The van der Waals surface area contributed by atoms with E-state index in [1.165, 1.54) is 0 Å². The van der Waals surface area contributed by atoms with Gasteiger partial charge in [-0.1, -0.05) is 19.9 Å². The summed E-state index contributed by atoms with van der Waals surface area (Å²) < 4.78 is 7.00. The van der Waals surface area contributed by atoms with Gasteiger partial charge in [-0.15, -0.1) is 0 Å². The normalized spacial score (nSPS) is 16.1. The van der Waals surface area contributed by atoms with Crippen molar-refractivity contribution in [1.82, 2.24) is 19.8 Å². The zero-order valence-electron chi connectivity index (χ0n) is 16.7. The van der Waals surface area contributed by atoms with E-state index in [0.29, 0.717) is 19.8 Å². The summed E-state index contributed by atoms with van der Waals surface area (Å²) in [6.07, 6.45) is 1.75. The van der Waals surface area contributed by atoms with Gasteiger partial charge < -0.3 is 14.6 Å². The highest BCUT2D eigenvalue weighted by atomic mass is 16.5. The van der Waals surface area contributed by atoms with Crippen LogP contribution >= 0.6 is 0 Å². The molecule has 0 unspecified atom stereocenters. The largest absolute Gasteiger partial charge is 0.379 e. The molecular formula is C21H28N4O3. The minimum atomic E-state index is -0.356. The maximum Gasteiger partial charge on any atom is 0.263 e. The number of nitrogens with zero attached hydrogens (tertiary/aromatic N) is 3. The van der Waals surface area contributed by atoms with Gasteiger partial charge in [0.05, 0.1) is 24.9 Å². The van der Waals surface area contributed by atoms with Crippen molar-refractivity contribution in [1.29, 1.82) is 0 Å². The van der Waals surface area contributed by atoms with Gasteiger partial charge in [0.15, 0.2) is 0 Å². The number of nitrogens with one attached hydrogen (secondary N) is 1. The summed E-state index contributed by atoms with van der Waals surface area (Å²) in [5.41, 5.74) is 1.69. The first-order valence-electron chi connectivity index (χ1n) is 9.70. The fraction of sp³-hybridized carbons (Fsp3) is 0.476. The Bertz CT molecular complexity index is 858. The molecule has 1 fully saturated rings. The van der Waals surface area contributed by atoms with E-state index in [1.807, 2.05) is 38.1 Å². The molecule has 7 heteroatoms. The number of carbonyl (C=O) groups excluding carboxylic acids is 1. The van der Waals surface area contributed by atoms with E-state index in [0.717, 1.165) is 24.5 Å². The number of morpholine rings is 1. The fourth-order valence-electron chi connectivity index (χ4n) is 3.57. The lowest BCUT2D eigenvalue weighted by molar-refractivity contribution is 0.0154. The van der Waals surface area contributed by atoms with Crippen molar-refractivity contribution in [2.24, 2.45) is 7.05 Å². The molecule has 7 nitrogen and oxygen atoms in total. The van der Waals surface area contributed by atoms with Gasteiger partial charge in [-0.3, -0.25) is 19.5 Å². The Morgan fingerprint density at radius 2 is 1.96 bits per heavy atom. The van der Waals surface area contributed by atoms with Crippen LogP contribution in [0.15, 0.2) is 41.3 Å². The quantitative estimate of drug-likeness (QED) is 0.821. The summed E-state index contributed by atoms with van der Waals surface area (Å²) in [4.78, 5) is 32.1. The number of rotatable bonds is 6. The molecule has 0 aliphatic carbocycles. The van der Waals surface area contributed by atoms with Crippen LogP contribution < -0.4 is 10.9 Å². The van der Waals surface area contributed by atoms with Crippen LogP contribution in [0.3, 0.4) is 0 Å². The van der Waals surface area contributed by atoms with E-state index in [9.17, 15) is 9.59 Å². The Hall–Kier alpha value is -2.51. The molecule has 3 rings (SSSR count). The number of hydrogen-bond donors (Lipinski definition) is 1. The van der Waals surface area contributed by atoms with Gasteiger partial charge in [0.25, 0.3) is 11.5 Å². The van der Waals surface area contributed by atoms with Crippen molar-refractivity contribution in [2.45, 2.75) is 25.8 Å². The van der Waals surface area contributed by atoms with E-state index in [2.05, 4.69) is 15.2 Å². The molecule has 2 aromatic heterocycles. The van der Waals surface area contributed by atoms with Gasteiger partial charge in [-0.2, -0.15) is 0 Å². The Morgan fingerprint density at radius 3 is 2.61 bits per heavy atom. The van der Waals surface area contributed by atoms with Crippen LogP contribution in [-0.2, 0) is 11.8 Å². The molecular weight excluding hydrogens is 356 g/mol. The topological polar surface area (TPSA) is 76.5 Å². The molecule has 1 N–H and O–H groups in total. The predicted octanol–water partition coefficient (Wildman–Crippen LogP) is 1.71. The number of hydrogen-bond acceptors (Lipinski definition) is 5. The monoisotopic (exact) mass is 384 g/mol. The lowest BCUT2D eigenvalue weighted by Crippen LogP contribution is -2.44. The molecule has 0 bridgehead atoms. The summed E-state index contributed by atoms with van der Waals surface area (Å²) >= 11 is 0. The van der Waals surface area contributed by atoms with Crippen molar-refractivity contribution in [3.8, 4) is 0 Å². The third-order valence-corrected chi connectivity index (χ3v) is 5.15. The second kappa shape index (κ2) is 9.12. The highest BCUT2D eigenvalue weighted by molar-refractivity contribution is 5.93. The van der Waals surface area contributed by atoms with Crippen molar-refractivity contribution in [2.75, 3.05) is 32.8 Å². The van der Waals surface area contributed by atoms with Crippen molar-refractivity contribution < 1.29 is 9.53 Å². The lowest BCUT2D eigenvalue weighted by Gasteiger charge is -2.34. The van der Waals surface area contributed by atoms with E-state index in [-0.39, 0.29) is 29.0 Å². The van der Waals surface area contributed by atoms with Crippen molar-refractivity contribution >= 4 is 5.91 Å². The molecule has 1 saturated heterocycles. The maximum absolute atomic E-state index is 12.7. The van der Waals surface area contributed by atoms with Gasteiger partial charge in [0.1, 0.15) is 5.56 Å². The highest BCUT2D eigenvalue weighted by Crippen LogP contribution is 2.19. The SMILES string of the molecule is CC(C)c1ccc(C(=O)NC[C@H](c2ccccn2)N2CCOCC2)c(=O)n1C. The van der Waals surface area contributed by atoms with Crippen molar-refractivity contribution in [3.05, 3.63) is 63.8 Å². The molecule has 0 radical (unpaired) electrons. The van der Waals surface area contributed by atoms with Gasteiger partial charge >= 0.3 is 0 Å². The van der Waals surface area contributed by atoms with Gasteiger partial charge in [-0.05, 0) is 30.2 Å². The van der Waals surface area contributed by atoms with Crippen LogP contribution in [-0.4, -0.2) is 53.2 Å². The molecule has 1 amide bonds. The van der Waals surface area contributed by atoms with Crippen molar-refractivity contribution in [3.63, 3.8) is 0 Å². The minimum absolute atomic E-state index is 0.0622. The second-order valence-corrected chi connectivity index (χ2v) is 7.32. The lowest BCUT2D eigenvalue weighted by atomic mass is 10.1. The standard InChI is InChI=1S/C21H28N4O3/c1-15(2)18-8-7-16(21(27)24(18)3)20(26)23-14-19(17-6-4-5-9-22-17)25-10-12-28-13-11-25/h4-9,15,19H,10-14H2,1-3H3,(H,23,26)/t19-/m1/s1. The van der Waals surface area contributed by atoms with E-state index >= 15 is 0 Å². The Balaban J connectivity index is 1.77. The zero-order valence-corrected chi connectivity index (χ0v) is 16.7.